The minimum absolute atomic E-state index is 0.000207. The van der Waals surface area contributed by atoms with Crippen molar-refractivity contribution in [3.63, 3.8) is 0 Å². The Bertz CT molecular complexity index is 1600. The summed E-state index contributed by atoms with van der Waals surface area (Å²) < 4.78 is 38.8. The summed E-state index contributed by atoms with van der Waals surface area (Å²) in [7, 11) is 3.23. The first-order valence-corrected chi connectivity index (χ1v) is 25.3. The molecular formula is C45H79N5O16S2. The second-order valence-corrected chi connectivity index (χ2v) is 21.0. The number of hydrogen-bond acceptors (Lipinski definition) is 19. The van der Waals surface area contributed by atoms with E-state index in [1.54, 1.807) is 70.1 Å². The topological polar surface area (TPSA) is 298 Å². The normalized spacial score (nSPS) is 21.2. The van der Waals surface area contributed by atoms with Gasteiger partial charge in [-0.15, -0.1) is 0 Å². The first-order valence-electron chi connectivity index (χ1n) is 22.9. The van der Waals surface area contributed by atoms with Crippen LogP contribution in [0.1, 0.15) is 81.1 Å². The summed E-state index contributed by atoms with van der Waals surface area (Å²) in [5.41, 5.74) is -6.42. The van der Waals surface area contributed by atoms with Gasteiger partial charge in [-0.3, -0.25) is 19.2 Å². The van der Waals surface area contributed by atoms with Crippen LogP contribution in [0.3, 0.4) is 0 Å². The Hall–Kier alpha value is -2.88. The number of rotatable bonds is 37. The summed E-state index contributed by atoms with van der Waals surface area (Å²) in [6.45, 7) is 22.6. The minimum Gasteiger partial charge on any atom is -0.463 e. The van der Waals surface area contributed by atoms with Crippen molar-refractivity contribution < 1.29 is 77.9 Å². The van der Waals surface area contributed by atoms with Crippen molar-refractivity contribution in [2.45, 2.75) is 117 Å². The van der Waals surface area contributed by atoms with Crippen molar-refractivity contribution in [3.05, 3.63) is 11.4 Å². The van der Waals surface area contributed by atoms with Crippen LogP contribution in [-0.4, -0.2) is 196 Å². The fourth-order valence-corrected chi connectivity index (χ4v) is 9.17. The molecule has 23 heteroatoms. The molecule has 0 bridgehead atoms. The Morgan fingerprint density at radius 2 is 1.29 bits per heavy atom. The average molecular weight is 1010 g/mol. The lowest BCUT2D eigenvalue weighted by Crippen LogP contribution is -2.64. The predicted molar refractivity (Wildman–Crippen MR) is 254 cm³/mol. The van der Waals surface area contributed by atoms with Crippen LogP contribution in [0.4, 0.5) is 0 Å². The van der Waals surface area contributed by atoms with E-state index >= 15 is 0 Å². The molecule has 0 aliphatic carbocycles. The number of amides is 3. The van der Waals surface area contributed by atoms with Gasteiger partial charge in [-0.25, -0.2) is 6.57 Å². The molecule has 3 unspecified atom stereocenters. The molecule has 8 N–H and O–H groups in total. The number of nitrogens with one attached hydrogen (secondary N) is 3. The Kier molecular flexibility index (Phi) is 29.9. The highest BCUT2D eigenvalue weighted by molar-refractivity contribution is 8.76. The number of ether oxygens (including phenoxy) is 7. The third kappa shape index (κ3) is 20.8. The molecule has 1 saturated heterocycles. The summed E-state index contributed by atoms with van der Waals surface area (Å²) in [6.07, 6.45) is -5.48. The molecule has 0 aromatic rings. The highest BCUT2D eigenvalue weighted by Crippen LogP contribution is 2.56. The molecule has 392 valence electrons. The molecule has 1 aliphatic heterocycles. The second kappa shape index (κ2) is 32.2. The lowest BCUT2D eigenvalue weighted by molar-refractivity contribution is -0.272. The zero-order valence-corrected chi connectivity index (χ0v) is 42.8. The largest absolute Gasteiger partial charge is 0.463 e. The van der Waals surface area contributed by atoms with Gasteiger partial charge in [-0.1, -0.05) is 35.4 Å². The van der Waals surface area contributed by atoms with Crippen LogP contribution in [0.2, 0.25) is 0 Å². The third-order valence-corrected chi connectivity index (χ3v) is 14.7. The fourth-order valence-electron chi connectivity index (χ4n) is 7.54. The van der Waals surface area contributed by atoms with E-state index < -0.39 is 88.1 Å². The number of aliphatic hydroxyl groups is 5. The molecule has 0 saturated carbocycles. The zero-order chi connectivity index (χ0) is 51.4. The maximum Gasteiger partial charge on any atom is 0.306 e. The molecule has 0 radical (unpaired) electrons. The van der Waals surface area contributed by atoms with Gasteiger partial charge in [-0.05, 0) is 39.5 Å². The van der Waals surface area contributed by atoms with Crippen LogP contribution in [-0.2, 0) is 52.3 Å². The number of hydrogen-bond donors (Lipinski definition) is 8. The van der Waals surface area contributed by atoms with Crippen molar-refractivity contribution in [3.8, 4) is 6.07 Å². The van der Waals surface area contributed by atoms with Gasteiger partial charge in [0.05, 0.1) is 108 Å². The van der Waals surface area contributed by atoms with Gasteiger partial charge < -0.3 is 79.5 Å². The van der Waals surface area contributed by atoms with E-state index in [-0.39, 0.29) is 91.6 Å². The number of aliphatic hydroxyl groups excluding tert-OH is 5. The van der Waals surface area contributed by atoms with Gasteiger partial charge >= 0.3 is 5.97 Å². The standard InChI is InChI=1S/C45H79N5O16S2/c1-32(54)50-35-37(57)36(56)33(28-53)66-38(35)65-24-22-60-16-13-49-40(59)45(8,41(2,3)29-44(7,42(4,5)31-46)39(58)48-12-14-51)30-43(6,47-9)11-10-34(55)64-23-21-62-18-17-61-19-20-63-25-27-68-67-26-15-52/h33,35-38,51-53,56-57H,10-30H2,1-8H3,(H,48,58)(H,49,59)(H,50,54)/t33-,35-,36+,37-,38-,43?,44?,45?/m1/s1. The van der Waals surface area contributed by atoms with E-state index in [0.29, 0.717) is 32.2 Å². The molecule has 0 aromatic carbocycles. The number of nitriles is 1. The smallest absolute Gasteiger partial charge is 0.306 e. The van der Waals surface area contributed by atoms with Crippen molar-refractivity contribution in [1.82, 2.24) is 16.0 Å². The van der Waals surface area contributed by atoms with E-state index in [1.807, 2.05) is 0 Å². The van der Waals surface area contributed by atoms with Crippen molar-refractivity contribution in [1.29, 1.82) is 5.26 Å². The van der Waals surface area contributed by atoms with Gasteiger partial charge in [0.2, 0.25) is 23.3 Å². The van der Waals surface area contributed by atoms with Crippen LogP contribution in [0.5, 0.6) is 0 Å². The predicted octanol–water partition coefficient (Wildman–Crippen LogP) is 0.982. The van der Waals surface area contributed by atoms with Crippen LogP contribution in [0, 0.1) is 39.6 Å². The van der Waals surface area contributed by atoms with Gasteiger partial charge in [0.1, 0.15) is 31.0 Å². The second-order valence-electron chi connectivity index (χ2n) is 18.3. The van der Waals surface area contributed by atoms with E-state index in [2.05, 4.69) is 26.9 Å². The lowest BCUT2D eigenvalue weighted by atomic mass is 9.52. The average Bonchev–Trinajstić information content (AvgIpc) is 3.29. The van der Waals surface area contributed by atoms with Crippen LogP contribution >= 0.6 is 21.6 Å². The molecule has 21 nitrogen and oxygen atoms in total. The number of nitrogens with zero attached hydrogens (tertiary/aromatic N) is 2. The number of carbonyl (C=O) groups is 4. The first kappa shape index (κ1) is 63.1. The zero-order valence-electron chi connectivity index (χ0n) is 41.2. The monoisotopic (exact) mass is 1010 g/mol. The van der Waals surface area contributed by atoms with Crippen LogP contribution in [0.25, 0.3) is 4.85 Å². The Morgan fingerprint density at radius 3 is 1.87 bits per heavy atom. The molecule has 68 heavy (non-hydrogen) atoms. The molecule has 1 aliphatic rings. The number of esters is 1. The van der Waals surface area contributed by atoms with Crippen molar-refractivity contribution in [2.24, 2.45) is 21.7 Å². The summed E-state index contributed by atoms with van der Waals surface area (Å²) in [5.74, 6) is -0.522. The highest BCUT2D eigenvalue weighted by Gasteiger charge is 2.59. The van der Waals surface area contributed by atoms with E-state index in [0.717, 1.165) is 5.75 Å². The summed E-state index contributed by atoms with van der Waals surface area (Å²) in [6, 6.07) is 1.11. The van der Waals surface area contributed by atoms with Crippen LogP contribution < -0.4 is 16.0 Å². The third-order valence-electron chi connectivity index (χ3n) is 12.3. The molecule has 1 rings (SSSR count). The molecular weight excluding hydrogens is 931 g/mol. The van der Waals surface area contributed by atoms with Gasteiger partial charge in [0.25, 0.3) is 0 Å². The van der Waals surface area contributed by atoms with Gasteiger partial charge in [0, 0.05) is 51.3 Å². The van der Waals surface area contributed by atoms with Gasteiger partial charge in [-0.2, -0.15) is 5.26 Å². The lowest BCUT2D eigenvalue weighted by Gasteiger charge is -2.50. The summed E-state index contributed by atoms with van der Waals surface area (Å²) in [5, 5.41) is 67.0. The fraction of sp³-hybridized carbons (Fsp3) is 0.867. The van der Waals surface area contributed by atoms with Crippen molar-refractivity contribution in [2.75, 3.05) is 110 Å². The molecule has 1 fully saturated rings. The highest BCUT2D eigenvalue weighted by atomic mass is 33.1. The maximum absolute atomic E-state index is 14.6. The van der Waals surface area contributed by atoms with Crippen molar-refractivity contribution >= 4 is 45.3 Å². The van der Waals surface area contributed by atoms with Crippen LogP contribution in [0.15, 0.2) is 0 Å². The van der Waals surface area contributed by atoms with E-state index in [4.69, 9.17) is 44.8 Å². The molecule has 0 spiro atoms. The minimum atomic E-state index is -1.48. The Morgan fingerprint density at radius 1 is 0.735 bits per heavy atom. The van der Waals surface area contributed by atoms with Gasteiger partial charge in [0.15, 0.2) is 6.29 Å². The first-order chi connectivity index (χ1) is 32.0. The molecule has 0 aromatic heterocycles. The summed E-state index contributed by atoms with van der Waals surface area (Å²) in [4.78, 5) is 56.9. The number of carbonyl (C=O) groups excluding carboxylic acids is 4. The Labute approximate surface area is 409 Å². The molecule has 3 amide bonds. The molecule has 1 heterocycles. The Balaban J connectivity index is 3.00. The van der Waals surface area contributed by atoms with E-state index in [9.17, 15) is 44.9 Å². The maximum atomic E-state index is 14.6. The summed E-state index contributed by atoms with van der Waals surface area (Å²) >= 11 is 0. The SMILES string of the molecule is [C-]#[N+]C(C)(CCC(=O)OCCOCCOCCOCCSSCCO)CC(C)(C(=O)NCCOCCO[C@@H]1O[C@H](CO)[C@H](O)[C@H](O)[C@H]1NC(C)=O)C(C)(C)CC(C)(C(=O)NCCO)C(C)(C)C#N. The van der Waals surface area contributed by atoms with E-state index in [1.165, 1.54) is 6.92 Å². The molecule has 8 atom stereocenters. The quantitative estimate of drug-likeness (QED) is 0.0186.